The van der Waals surface area contributed by atoms with Gasteiger partial charge in [-0.3, -0.25) is 0 Å². The first kappa shape index (κ1) is 38.9. The molecular weight excluding hydrogens is 528 g/mol. The quantitative estimate of drug-likeness (QED) is 0.200. The van der Waals surface area contributed by atoms with E-state index in [-0.39, 0.29) is 5.41 Å². The first-order valence-corrected chi connectivity index (χ1v) is 17.0. The summed E-state index contributed by atoms with van der Waals surface area (Å²) in [6, 6.07) is 35.2. The molecule has 4 aromatic carbocycles. The third-order valence-corrected chi connectivity index (χ3v) is 7.88. The molecule has 0 saturated heterocycles. The fourth-order valence-corrected chi connectivity index (χ4v) is 4.52. The number of unbranched alkanes of at least 4 members (excludes halogenated alkanes) is 1. The third kappa shape index (κ3) is 17.2. The van der Waals surface area contributed by atoms with Gasteiger partial charge in [-0.1, -0.05) is 181 Å². The van der Waals surface area contributed by atoms with Crippen molar-refractivity contribution in [1.29, 1.82) is 0 Å². The van der Waals surface area contributed by atoms with Crippen molar-refractivity contribution in [2.45, 2.75) is 127 Å². The largest absolute Gasteiger partial charge is 0.0654 e. The third-order valence-electron chi connectivity index (χ3n) is 7.88. The molecule has 0 heteroatoms. The molecule has 4 aromatic rings. The average molecular weight is 593 g/mol. The van der Waals surface area contributed by atoms with E-state index in [1.165, 1.54) is 76.6 Å². The molecule has 0 radical (unpaired) electrons. The van der Waals surface area contributed by atoms with Crippen molar-refractivity contribution in [3.63, 3.8) is 0 Å². The Hall–Kier alpha value is -3.12. The van der Waals surface area contributed by atoms with E-state index in [4.69, 9.17) is 0 Å². The first-order chi connectivity index (χ1) is 20.7. The van der Waals surface area contributed by atoms with Crippen LogP contribution in [-0.2, 0) is 18.3 Å². The molecule has 0 spiro atoms. The summed E-state index contributed by atoms with van der Waals surface area (Å²) in [4.78, 5) is 0. The van der Waals surface area contributed by atoms with Gasteiger partial charge in [-0.2, -0.15) is 0 Å². The Morgan fingerprint density at radius 1 is 0.523 bits per heavy atom. The molecule has 1 unspecified atom stereocenters. The van der Waals surface area contributed by atoms with Gasteiger partial charge in [-0.15, -0.1) is 0 Å². The van der Waals surface area contributed by atoms with Crippen LogP contribution in [0.1, 0.15) is 125 Å². The Morgan fingerprint density at radius 3 is 1.27 bits per heavy atom. The SMILES string of the molecule is CCC(C)c1ccc(C)cc1.CCCCc1ccc(C)cc1.Cc1ccc(C(C)(C)C)cc1.Cc1ccc(CC(C)C)cc1. The van der Waals surface area contributed by atoms with Crippen molar-refractivity contribution in [3.8, 4) is 0 Å². The minimum Gasteiger partial charge on any atom is -0.0654 e. The lowest BCUT2D eigenvalue weighted by Gasteiger charge is -2.18. The zero-order valence-corrected chi connectivity index (χ0v) is 30.4. The van der Waals surface area contributed by atoms with Gasteiger partial charge in [-0.25, -0.2) is 0 Å². The van der Waals surface area contributed by atoms with Crippen molar-refractivity contribution in [2.24, 2.45) is 5.92 Å². The van der Waals surface area contributed by atoms with Crippen molar-refractivity contribution >= 4 is 0 Å². The van der Waals surface area contributed by atoms with Gasteiger partial charge in [-0.05, 0) is 92.9 Å². The number of aryl methyl sites for hydroxylation is 5. The molecule has 0 heterocycles. The molecule has 0 aliphatic carbocycles. The van der Waals surface area contributed by atoms with Gasteiger partial charge in [0.2, 0.25) is 0 Å². The number of benzene rings is 4. The maximum absolute atomic E-state index is 2.27. The Bertz CT molecular complexity index is 1250. The predicted octanol–water partition coefficient (Wildman–Crippen LogP) is 13.3. The molecule has 0 aliphatic heterocycles. The molecule has 0 aromatic heterocycles. The fraction of sp³-hybridized carbons (Fsp3) is 0.455. The van der Waals surface area contributed by atoms with Crippen LogP contribution in [0.25, 0.3) is 0 Å². The van der Waals surface area contributed by atoms with Gasteiger partial charge >= 0.3 is 0 Å². The summed E-state index contributed by atoms with van der Waals surface area (Å²) in [5.74, 6) is 1.47. The first-order valence-electron chi connectivity index (χ1n) is 17.0. The van der Waals surface area contributed by atoms with Gasteiger partial charge in [0, 0.05) is 0 Å². The van der Waals surface area contributed by atoms with E-state index in [9.17, 15) is 0 Å². The Kier molecular flexibility index (Phi) is 18.4. The highest BCUT2D eigenvalue weighted by molar-refractivity contribution is 5.27. The van der Waals surface area contributed by atoms with Crippen LogP contribution in [0.4, 0.5) is 0 Å². The maximum atomic E-state index is 2.27. The molecule has 0 N–H and O–H groups in total. The lowest BCUT2D eigenvalue weighted by molar-refractivity contribution is 0.590. The molecule has 44 heavy (non-hydrogen) atoms. The van der Waals surface area contributed by atoms with Crippen LogP contribution in [0.15, 0.2) is 97.1 Å². The zero-order chi connectivity index (χ0) is 33.1. The average Bonchev–Trinajstić information content (AvgIpc) is 2.98. The monoisotopic (exact) mass is 593 g/mol. The van der Waals surface area contributed by atoms with E-state index in [2.05, 4.69) is 180 Å². The predicted molar refractivity (Wildman–Crippen MR) is 199 cm³/mol. The van der Waals surface area contributed by atoms with Gasteiger partial charge in [0.25, 0.3) is 0 Å². The van der Waals surface area contributed by atoms with Gasteiger partial charge in [0.05, 0.1) is 0 Å². The van der Waals surface area contributed by atoms with Crippen molar-refractivity contribution in [3.05, 3.63) is 142 Å². The second-order valence-electron chi connectivity index (χ2n) is 14.0. The van der Waals surface area contributed by atoms with Gasteiger partial charge in [0.15, 0.2) is 0 Å². The lowest BCUT2D eigenvalue weighted by atomic mass is 9.87. The minimum atomic E-state index is 0.285. The van der Waals surface area contributed by atoms with Crippen LogP contribution in [0.2, 0.25) is 0 Å². The fourth-order valence-electron chi connectivity index (χ4n) is 4.52. The second kappa shape index (κ2) is 20.8. The molecule has 1 atom stereocenters. The van der Waals surface area contributed by atoms with Crippen LogP contribution < -0.4 is 0 Å². The molecule has 0 saturated carbocycles. The normalized spacial score (nSPS) is 11.3. The summed E-state index contributed by atoms with van der Waals surface area (Å²) in [5, 5.41) is 0. The maximum Gasteiger partial charge on any atom is -0.0132 e. The summed E-state index contributed by atoms with van der Waals surface area (Å²) in [5.41, 5.74) is 11.4. The number of hydrogen-bond donors (Lipinski definition) is 0. The van der Waals surface area contributed by atoms with E-state index in [0.717, 1.165) is 5.92 Å². The topological polar surface area (TPSA) is 0 Å². The highest BCUT2D eigenvalue weighted by Crippen LogP contribution is 2.22. The minimum absolute atomic E-state index is 0.285. The van der Waals surface area contributed by atoms with Gasteiger partial charge < -0.3 is 0 Å². The molecule has 0 aliphatic rings. The molecule has 0 nitrogen and oxygen atoms in total. The highest BCUT2D eigenvalue weighted by atomic mass is 14.2. The number of rotatable bonds is 7. The summed E-state index contributed by atoms with van der Waals surface area (Å²) < 4.78 is 0. The lowest BCUT2D eigenvalue weighted by Crippen LogP contribution is -2.10. The van der Waals surface area contributed by atoms with Crippen LogP contribution in [0.5, 0.6) is 0 Å². The van der Waals surface area contributed by atoms with E-state index >= 15 is 0 Å². The zero-order valence-electron chi connectivity index (χ0n) is 30.4. The summed E-state index contributed by atoms with van der Waals surface area (Å²) in [7, 11) is 0. The van der Waals surface area contributed by atoms with E-state index in [0.29, 0.717) is 5.92 Å². The van der Waals surface area contributed by atoms with Crippen molar-refractivity contribution < 1.29 is 0 Å². The standard InChI is InChI=1S/4C11H16/c1-9-5-7-10(8-6-9)11(2,3)4;1-9(2)8-11-6-4-10(3)5-7-11;1-4-10(3)11-7-5-9(2)6-8-11;1-3-4-5-11-8-6-10(2)7-9-11/h5-8H,1-4H3;4-7,9H,8H2,1-3H3;5-8,10H,4H2,1-3H3;6-9H,3-5H2,1-2H3. The molecule has 0 amide bonds. The van der Waals surface area contributed by atoms with E-state index in [1.807, 2.05) is 0 Å². The van der Waals surface area contributed by atoms with Crippen LogP contribution in [0.3, 0.4) is 0 Å². The Morgan fingerprint density at radius 2 is 0.909 bits per heavy atom. The van der Waals surface area contributed by atoms with Crippen molar-refractivity contribution in [1.82, 2.24) is 0 Å². The second-order valence-corrected chi connectivity index (χ2v) is 14.0. The highest BCUT2D eigenvalue weighted by Gasteiger charge is 2.12. The summed E-state index contributed by atoms with van der Waals surface area (Å²) >= 11 is 0. The van der Waals surface area contributed by atoms with Crippen LogP contribution in [0, 0.1) is 33.6 Å². The smallest absolute Gasteiger partial charge is 0.0132 e. The molecule has 4 rings (SSSR count). The Balaban J connectivity index is 0.000000293. The Labute approximate surface area is 273 Å². The molecular formula is C44H64. The summed E-state index contributed by atoms with van der Waals surface area (Å²) in [6.07, 6.45) is 6.25. The molecule has 240 valence electrons. The van der Waals surface area contributed by atoms with Crippen LogP contribution in [-0.4, -0.2) is 0 Å². The summed E-state index contributed by atoms with van der Waals surface area (Å²) in [6.45, 7) is 26.4. The number of hydrogen-bond acceptors (Lipinski definition) is 0. The molecule has 0 fully saturated rings. The van der Waals surface area contributed by atoms with Gasteiger partial charge in [0.1, 0.15) is 0 Å². The van der Waals surface area contributed by atoms with Crippen LogP contribution >= 0.6 is 0 Å². The van der Waals surface area contributed by atoms with E-state index < -0.39 is 0 Å². The van der Waals surface area contributed by atoms with Crippen molar-refractivity contribution in [2.75, 3.05) is 0 Å². The van der Waals surface area contributed by atoms with E-state index in [1.54, 1.807) is 0 Å². The molecule has 0 bridgehead atoms.